The fraction of sp³-hybridized carbons (Fsp3) is 0.625. The first-order valence-corrected chi connectivity index (χ1v) is 8.30. The molecule has 0 amide bonds. The minimum absolute atomic E-state index is 0.195. The molecular weight excluding hydrogens is 319 g/mol. The molecule has 0 radical (unpaired) electrons. The van der Waals surface area contributed by atoms with Gasteiger partial charge in [-0.3, -0.25) is 4.90 Å². The highest BCUT2D eigenvalue weighted by molar-refractivity contribution is 9.10. The van der Waals surface area contributed by atoms with Gasteiger partial charge in [0.05, 0.1) is 4.47 Å². The summed E-state index contributed by atoms with van der Waals surface area (Å²) in [5, 5.41) is 3.62. The average molecular weight is 343 g/mol. The van der Waals surface area contributed by atoms with Crippen LogP contribution in [0.25, 0.3) is 0 Å². The van der Waals surface area contributed by atoms with Gasteiger partial charge in [0.2, 0.25) is 0 Å². The van der Waals surface area contributed by atoms with Crippen molar-refractivity contribution in [1.82, 2.24) is 10.2 Å². The number of hydrogen-bond acceptors (Lipinski definition) is 2. The van der Waals surface area contributed by atoms with Gasteiger partial charge in [0, 0.05) is 31.2 Å². The van der Waals surface area contributed by atoms with Crippen LogP contribution in [0.1, 0.15) is 45.2 Å². The summed E-state index contributed by atoms with van der Waals surface area (Å²) < 4.78 is 13.9. The van der Waals surface area contributed by atoms with E-state index >= 15 is 0 Å². The predicted molar refractivity (Wildman–Crippen MR) is 85.4 cm³/mol. The molecule has 112 valence electrons. The molecule has 0 spiro atoms. The molecule has 2 rings (SSSR count). The highest BCUT2D eigenvalue weighted by Gasteiger charge is 2.30. The number of piperazine rings is 1. The Morgan fingerprint density at radius 3 is 2.75 bits per heavy atom. The Morgan fingerprint density at radius 2 is 2.15 bits per heavy atom. The van der Waals surface area contributed by atoms with Crippen molar-refractivity contribution >= 4 is 15.9 Å². The van der Waals surface area contributed by atoms with Crippen LogP contribution in [0.2, 0.25) is 0 Å². The largest absolute Gasteiger partial charge is 0.311 e. The second-order valence-electron chi connectivity index (χ2n) is 5.62. The van der Waals surface area contributed by atoms with Crippen molar-refractivity contribution in [3.8, 4) is 0 Å². The number of benzene rings is 1. The van der Waals surface area contributed by atoms with E-state index in [-0.39, 0.29) is 5.82 Å². The Labute approximate surface area is 129 Å². The third-order valence-electron chi connectivity index (χ3n) is 4.43. The topological polar surface area (TPSA) is 15.3 Å². The quantitative estimate of drug-likeness (QED) is 0.885. The van der Waals surface area contributed by atoms with Crippen molar-refractivity contribution in [3.05, 3.63) is 34.1 Å². The lowest BCUT2D eigenvalue weighted by atomic mass is 9.99. The molecule has 2 nitrogen and oxygen atoms in total. The van der Waals surface area contributed by atoms with E-state index in [4.69, 9.17) is 0 Å². The van der Waals surface area contributed by atoms with E-state index < -0.39 is 0 Å². The molecule has 4 heteroatoms. The zero-order chi connectivity index (χ0) is 14.7. The molecular formula is C16H24BrFN2. The molecule has 1 aliphatic rings. The highest BCUT2D eigenvalue weighted by Crippen LogP contribution is 2.29. The van der Waals surface area contributed by atoms with Crippen molar-refractivity contribution in [1.29, 1.82) is 0 Å². The first-order valence-electron chi connectivity index (χ1n) is 7.50. The summed E-state index contributed by atoms with van der Waals surface area (Å²) in [5.41, 5.74) is 1.17. The maximum Gasteiger partial charge on any atom is 0.137 e. The minimum Gasteiger partial charge on any atom is -0.311 e. The van der Waals surface area contributed by atoms with Gasteiger partial charge in [0.15, 0.2) is 0 Å². The first-order chi connectivity index (χ1) is 9.56. The van der Waals surface area contributed by atoms with Crippen molar-refractivity contribution in [2.45, 2.75) is 51.7 Å². The van der Waals surface area contributed by atoms with Crippen LogP contribution >= 0.6 is 15.9 Å². The zero-order valence-corrected chi connectivity index (χ0v) is 14.1. The third kappa shape index (κ3) is 3.41. The molecule has 1 fully saturated rings. The van der Waals surface area contributed by atoms with Crippen LogP contribution in [0.3, 0.4) is 0 Å². The summed E-state index contributed by atoms with van der Waals surface area (Å²) in [4.78, 5) is 2.56. The molecule has 1 heterocycles. The highest BCUT2D eigenvalue weighted by atomic mass is 79.9. The second-order valence-corrected chi connectivity index (χ2v) is 6.48. The number of hydrogen-bond donors (Lipinski definition) is 1. The maximum absolute atomic E-state index is 13.4. The van der Waals surface area contributed by atoms with Crippen LogP contribution in [-0.2, 0) is 0 Å². The lowest BCUT2D eigenvalue weighted by Gasteiger charge is -2.43. The van der Waals surface area contributed by atoms with Gasteiger partial charge >= 0.3 is 0 Å². The fourth-order valence-electron chi connectivity index (χ4n) is 2.98. The zero-order valence-electron chi connectivity index (χ0n) is 12.5. The van der Waals surface area contributed by atoms with Crippen molar-refractivity contribution < 1.29 is 4.39 Å². The van der Waals surface area contributed by atoms with E-state index in [1.54, 1.807) is 6.07 Å². The van der Waals surface area contributed by atoms with Crippen molar-refractivity contribution in [3.63, 3.8) is 0 Å². The van der Waals surface area contributed by atoms with Crippen molar-refractivity contribution in [2.75, 3.05) is 13.1 Å². The molecule has 0 aliphatic carbocycles. The second kappa shape index (κ2) is 7.01. The Hall–Kier alpha value is -0.450. The summed E-state index contributed by atoms with van der Waals surface area (Å²) in [7, 11) is 0. The third-order valence-corrected chi connectivity index (χ3v) is 5.04. The molecule has 0 bridgehead atoms. The van der Waals surface area contributed by atoms with Gasteiger partial charge in [-0.05, 0) is 53.4 Å². The number of nitrogens with one attached hydrogen (secondary N) is 1. The van der Waals surface area contributed by atoms with E-state index in [9.17, 15) is 4.39 Å². The van der Waals surface area contributed by atoms with Gasteiger partial charge < -0.3 is 5.32 Å². The van der Waals surface area contributed by atoms with Gasteiger partial charge in [-0.15, -0.1) is 0 Å². The van der Waals surface area contributed by atoms with Crippen LogP contribution in [0, 0.1) is 5.82 Å². The molecule has 3 atom stereocenters. The Morgan fingerprint density at radius 1 is 1.40 bits per heavy atom. The molecule has 1 N–H and O–H groups in total. The van der Waals surface area contributed by atoms with Crippen LogP contribution in [0.5, 0.6) is 0 Å². The van der Waals surface area contributed by atoms with Crippen LogP contribution in [0.15, 0.2) is 22.7 Å². The van der Waals surface area contributed by atoms with E-state index in [1.165, 1.54) is 5.56 Å². The standard InChI is InChI=1S/C16H24BrFN2/c1-4-13-10-20(14(5-2)9-19-13)11(3)12-6-7-16(18)15(17)8-12/h6-8,11,13-14,19H,4-5,9-10H2,1-3H3. The first kappa shape index (κ1) is 15.9. The predicted octanol–water partition coefficient (Wildman–Crippen LogP) is 4.11. The summed E-state index contributed by atoms with van der Waals surface area (Å²) >= 11 is 3.29. The maximum atomic E-state index is 13.4. The monoisotopic (exact) mass is 342 g/mol. The number of nitrogens with zero attached hydrogens (tertiary/aromatic N) is 1. The summed E-state index contributed by atoms with van der Waals surface area (Å²) in [6, 6.07) is 6.79. The lowest BCUT2D eigenvalue weighted by Crippen LogP contribution is -2.56. The van der Waals surface area contributed by atoms with Crippen molar-refractivity contribution in [2.24, 2.45) is 0 Å². The fourth-order valence-corrected chi connectivity index (χ4v) is 3.37. The molecule has 0 aromatic heterocycles. The number of halogens is 2. The molecule has 1 aromatic rings. The van der Waals surface area contributed by atoms with Gasteiger partial charge in [-0.1, -0.05) is 19.9 Å². The Kier molecular flexibility index (Phi) is 5.58. The van der Waals surface area contributed by atoms with Gasteiger partial charge in [-0.2, -0.15) is 0 Å². The van der Waals surface area contributed by atoms with E-state index in [1.807, 2.05) is 12.1 Å². The van der Waals surface area contributed by atoms with Crippen LogP contribution < -0.4 is 5.32 Å². The van der Waals surface area contributed by atoms with E-state index in [0.29, 0.717) is 22.6 Å². The molecule has 1 aliphatic heterocycles. The molecule has 0 saturated carbocycles. The summed E-state index contributed by atoms with van der Waals surface area (Å²) in [5.74, 6) is -0.195. The normalized spacial score (nSPS) is 25.6. The smallest absolute Gasteiger partial charge is 0.137 e. The summed E-state index contributed by atoms with van der Waals surface area (Å²) in [6.07, 6.45) is 2.28. The molecule has 3 unspecified atom stereocenters. The Balaban J connectivity index is 2.19. The Bertz CT molecular complexity index is 452. The molecule has 1 aromatic carbocycles. The SMILES string of the molecule is CCC1CN(C(C)c2ccc(F)c(Br)c2)C(CC)CN1. The van der Waals surface area contributed by atoms with E-state index in [0.717, 1.165) is 25.9 Å². The average Bonchev–Trinajstić information content (AvgIpc) is 2.48. The number of rotatable bonds is 4. The van der Waals surface area contributed by atoms with E-state index in [2.05, 4.69) is 46.9 Å². The van der Waals surface area contributed by atoms with Gasteiger partial charge in [0.25, 0.3) is 0 Å². The van der Waals surface area contributed by atoms with Crippen LogP contribution in [-0.4, -0.2) is 30.1 Å². The minimum atomic E-state index is -0.195. The summed E-state index contributed by atoms with van der Waals surface area (Å²) in [6.45, 7) is 8.79. The lowest BCUT2D eigenvalue weighted by molar-refractivity contribution is 0.0850. The van der Waals surface area contributed by atoms with Gasteiger partial charge in [0.1, 0.15) is 5.82 Å². The van der Waals surface area contributed by atoms with Crippen LogP contribution in [0.4, 0.5) is 4.39 Å². The molecule has 1 saturated heterocycles. The van der Waals surface area contributed by atoms with Gasteiger partial charge in [-0.25, -0.2) is 4.39 Å². The molecule has 20 heavy (non-hydrogen) atoms.